The summed E-state index contributed by atoms with van der Waals surface area (Å²) in [7, 11) is 0. The third kappa shape index (κ3) is 4.02. The molecule has 1 aromatic carbocycles. The summed E-state index contributed by atoms with van der Waals surface area (Å²) < 4.78 is 0. The molecule has 0 saturated heterocycles. The lowest BCUT2D eigenvalue weighted by Gasteiger charge is -2.27. The first kappa shape index (κ1) is 12.8. The van der Waals surface area contributed by atoms with Crippen molar-refractivity contribution in [1.29, 1.82) is 0 Å². The van der Waals surface area contributed by atoms with Crippen molar-refractivity contribution in [2.45, 2.75) is 32.4 Å². The average Bonchev–Trinajstić information content (AvgIpc) is 2.28. The summed E-state index contributed by atoms with van der Waals surface area (Å²) in [5, 5.41) is 4.23. The Hall–Kier alpha value is -0.240. The number of alkyl halides is 1. The van der Waals surface area contributed by atoms with Gasteiger partial charge in [-0.1, -0.05) is 30.7 Å². The first-order valence-corrected chi connectivity index (χ1v) is 6.06. The highest BCUT2D eigenvalue weighted by atomic mass is 35.5. The summed E-state index contributed by atoms with van der Waals surface area (Å²) in [6.07, 6.45) is 1.02. The summed E-state index contributed by atoms with van der Waals surface area (Å²) in [6, 6.07) is 7.87. The Morgan fingerprint density at radius 1 is 1.27 bits per heavy atom. The van der Waals surface area contributed by atoms with Crippen LogP contribution >= 0.6 is 23.2 Å². The van der Waals surface area contributed by atoms with Crippen molar-refractivity contribution in [3.63, 3.8) is 0 Å². The number of halogens is 2. The number of hydrogen-bond acceptors (Lipinski definition) is 1. The minimum atomic E-state index is 0.0151. The fourth-order valence-corrected chi connectivity index (χ4v) is 1.59. The van der Waals surface area contributed by atoms with Crippen LogP contribution in [-0.2, 0) is 6.54 Å². The van der Waals surface area contributed by atoms with Crippen LogP contribution in [0.3, 0.4) is 0 Å². The molecular weight excluding hydrogens is 229 g/mol. The van der Waals surface area contributed by atoms with E-state index in [1.165, 1.54) is 5.56 Å². The lowest BCUT2D eigenvalue weighted by molar-refractivity contribution is 0.379. The molecule has 0 aliphatic carbocycles. The Bertz CT molecular complexity index is 291. The van der Waals surface area contributed by atoms with Crippen LogP contribution in [-0.4, -0.2) is 11.4 Å². The smallest absolute Gasteiger partial charge is 0.0406 e. The molecule has 0 aliphatic rings. The Morgan fingerprint density at radius 2 is 1.87 bits per heavy atom. The molecule has 1 N–H and O–H groups in total. The van der Waals surface area contributed by atoms with Crippen LogP contribution in [0.25, 0.3) is 0 Å². The minimum Gasteiger partial charge on any atom is -0.306 e. The molecule has 0 saturated carbocycles. The Morgan fingerprint density at radius 3 is 2.33 bits per heavy atom. The van der Waals surface area contributed by atoms with Gasteiger partial charge in [0.15, 0.2) is 0 Å². The predicted octanol–water partition coefficient (Wildman–Crippen LogP) is 3.84. The monoisotopic (exact) mass is 245 g/mol. The average molecular weight is 246 g/mol. The molecule has 1 nitrogen and oxygen atoms in total. The molecule has 1 atom stereocenters. The molecule has 0 bridgehead atoms. The summed E-state index contributed by atoms with van der Waals surface area (Å²) in [6.45, 7) is 5.10. The molecule has 0 aromatic heterocycles. The molecular formula is C12H17Cl2N. The molecule has 0 spiro atoms. The lowest BCUT2D eigenvalue weighted by atomic mass is 10.0. The van der Waals surface area contributed by atoms with Crippen molar-refractivity contribution in [1.82, 2.24) is 5.32 Å². The molecule has 1 rings (SSSR count). The number of rotatable bonds is 5. The van der Waals surface area contributed by atoms with Crippen molar-refractivity contribution >= 4 is 23.2 Å². The topological polar surface area (TPSA) is 12.0 Å². The highest BCUT2D eigenvalue weighted by molar-refractivity contribution is 6.30. The highest BCUT2D eigenvalue weighted by Crippen LogP contribution is 2.14. The van der Waals surface area contributed by atoms with Crippen molar-refractivity contribution in [3.05, 3.63) is 34.9 Å². The van der Waals surface area contributed by atoms with E-state index in [0.29, 0.717) is 5.88 Å². The van der Waals surface area contributed by atoms with E-state index in [1.807, 2.05) is 24.3 Å². The van der Waals surface area contributed by atoms with Crippen LogP contribution < -0.4 is 5.32 Å². The molecule has 0 amide bonds. The van der Waals surface area contributed by atoms with E-state index in [1.54, 1.807) is 0 Å². The second-order valence-corrected chi connectivity index (χ2v) is 4.73. The van der Waals surface area contributed by atoms with E-state index >= 15 is 0 Å². The number of benzene rings is 1. The zero-order valence-corrected chi connectivity index (χ0v) is 10.7. The molecule has 0 radical (unpaired) electrons. The van der Waals surface area contributed by atoms with E-state index in [9.17, 15) is 0 Å². The summed E-state index contributed by atoms with van der Waals surface area (Å²) in [5.74, 6) is 0.622. The van der Waals surface area contributed by atoms with Gasteiger partial charge in [-0.25, -0.2) is 0 Å². The third-order valence-corrected chi connectivity index (χ3v) is 3.55. The normalized spacial score (nSPS) is 14.9. The van der Waals surface area contributed by atoms with Gasteiger partial charge >= 0.3 is 0 Å². The predicted molar refractivity (Wildman–Crippen MR) is 67.7 cm³/mol. The molecule has 0 heterocycles. The SMILES string of the molecule is CCC(C)(CCl)NCc1ccc(Cl)cc1. The van der Waals surface area contributed by atoms with Gasteiger partial charge in [0.1, 0.15) is 0 Å². The first-order valence-electron chi connectivity index (χ1n) is 5.15. The van der Waals surface area contributed by atoms with Crippen molar-refractivity contribution in [2.24, 2.45) is 0 Å². The van der Waals surface area contributed by atoms with Gasteiger partial charge in [-0.15, -0.1) is 11.6 Å². The van der Waals surface area contributed by atoms with Crippen molar-refractivity contribution in [3.8, 4) is 0 Å². The first-order chi connectivity index (χ1) is 7.09. The van der Waals surface area contributed by atoms with E-state index < -0.39 is 0 Å². The molecule has 1 aromatic rings. The highest BCUT2D eigenvalue weighted by Gasteiger charge is 2.19. The molecule has 1 unspecified atom stereocenters. The standard InChI is InChI=1S/C12H17Cl2N/c1-3-12(2,9-13)15-8-10-4-6-11(14)7-5-10/h4-7,15H,3,8-9H2,1-2H3. The third-order valence-electron chi connectivity index (χ3n) is 2.71. The largest absolute Gasteiger partial charge is 0.306 e. The molecule has 3 heteroatoms. The van der Waals surface area contributed by atoms with Gasteiger partial charge in [0.25, 0.3) is 0 Å². The van der Waals surface area contributed by atoms with Gasteiger partial charge in [0, 0.05) is 23.0 Å². The molecule has 84 valence electrons. The maximum absolute atomic E-state index is 5.92. The number of hydrogen-bond donors (Lipinski definition) is 1. The Labute approximate surface area is 102 Å². The fraction of sp³-hybridized carbons (Fsp3) is 0.500. The van der Waals surface area contributed by atoms with Gasteiger partial charge in [0.2, 0.25) is 0 Å². The van der Waals surface area contributed by atoms with Crippen LogP contribution in [0.5, 0.6) is 0 Å². The van der Waals surface area contributed by atoms with Gasteiger partial charge in [0.05, 0.1) is 0 Å². The maximum atomic E-state index is 5.92. The fourth-order valence-electron chi connectivity index (χ4n) is 1.18. The van der Waals surface area contributed by atoms with Gasteiger partial charge in [-0.05, 0) is 31.0 Å². The maximum Gasteiger partial charge on any atom is 0.0406 e. The lowest BCUT2D eigenvalue weighted by Crippen LogP contribution is -2.42. The van der Waals surface area contributed by atoms with Crippen LogP contribution in [0.15, 0.2) is 24.3 Å². The zero-order valence-electron chi connectivity index (χ0n) is 9.19. The van der Waals surface area contributed by atoms with Gasteiger partial charge in [-0.3, -0.25) is 0 Å². The summed E-state index contributed by atoms with van der Waals surface area (Å²) in [4.78, 5) is 0. The zero-order chi connectivity index (χ0) is 11.3. The second-order valence-electron chi connectivity index (χ2n) is 4.03. The summed E-state index contributed by atoms with van der Waals surface area (Å²) >= 11 is 11.7. The quantitative estimate of drug-likeness (QED) is 0.778. The Balaban J connectivity index is 2.53. The molecule has 0 fully saturated rings. The van der Waals surface area contributed by atoms with Crippen LogP contribution in [0, 0.1) is 0 Å². The van der Waals surface area contributed by atoms with Gasteiger partial charge in [-0.2, -0.15) is 0 Å². The second kappa shape index (κ2) is 5.74. The summed E-state index contributed by atoms with van der Waals surface area (Å²) in [5.41, 5.74) is 1.24. The van der Waals surface area contributed by atoms with E-state index in [0.717, 1.165) is 18.0 Å². The number of nitrogens with one attached hydrogen (secondary N) is 1. The van der Waals surface area contributed by atoms with E-state index in [-0.39, 0.29) is 5.54 Å². The van der Waals surface area contributed by atoms with Gasteiger partial charge < -0.3 is 5.32 Å². The van der Waals surface area contributed by atoms with E-state index in [4.69, 9.17) is 23.2 Å². The van der Waals surface area contributed by atoms with Crippen LogP contribution in [0.1, 0.15) is 25.8 Å². The van der Waals surface area contributed by atoms with Crippen LogP contribution in [0.4, 0.5) is 0 Å². The van der Waals surface area contributed by atoms with Crippen LogP contribution in [0.2, 0.25) is 5.02 Å². The Kier molecular flexibility index (Phi) is 4.91. The van der Waals surface area contributed by atoms with Crippen molar-refractivity contribution in [2.75, 3.05) is 5.88 Å². The van der Waals surface area contributed by atoms with E-state index in [2.05, 4.69) is 19.2 Å². The molecule has 15 heavy (non-hydrogen) atoms. The van der Waals surface area contributed by atoms with Crippen molar-refractivity contribution < 1.29 is 0 Å². The minimum absolute atomic E-state index is 0.0151. The molecule has 0 aliphatic heterocycles.